The van der Waals surface area contributed by atoms with Gasteiger partial charge in [0.15, 0.2) is 5.03 Å². The first-order chi connectivity index (χ1) is 18.0. The van der Waals surface area contributed by atoms with Crippen LogP contribution in [0.4, 0.5) is 11.6 Å². The van der Waals surface area contributed by atoms with Gasteiger partial charge in [-0.05, 0) is 69.0 Å². The highest BCUT2D eigenvalue weighted by molar-refractivity contribution is 7.90. The lowest BCUT2D eigenvalue weighted by molar-refractivity contribution is 0.0981. The molecule has 1 saturated heterocycles. The van der Waals surface area contributed by atoms with Crippen LogP contribution in [0.2, 0.25) is 5.02 Å². The van der Waals surface area contributed by atoms with Gasteiger partial charge in [0.1, 0.15) is 17.4 Å². The first-order valence-electron chi connectivity index (χ1n) is 12.5. The number of nitrogen functional groups attached to an aromatic ring is 1. The Balaban J connectivity index is 0.00000280. The van der Waals surface area contributed by atoms with Crippen molar-refractivity contribution in [2.75, 3.05) is 17.2 Å². The van der Waals surface area contributed by atoms with E-state index in [2.05, 4.69) is 42.3 Å². The number of nitrogens with zero attached hydrogens (tertiary/aromatic N) is 3. The number of sulfonamides is 1. The number of anilines is 2. The summed E-state index contributed by atoms with van der Waals surface area (Å²) in [5.41, 5.74) is 7.15. The summed E-state index contributed by atoms with van der Waals surface area (Å²) in [5, 5.41) is 0.155. The summed E-state index contributed by atoms with van der Waals surface area (Å²) in [6.45, 7) is 8.74. The Morgan fingerprint density at radius 2 is 1.87 bits per heavy atom. The maximum Gasteiger partial charge on any atom is 0.281 e. The number of aromatic nitrogens is 2. The van der Waals surface area contributed by atoms with Gasteiger partial charge in [0.25, 0.3) is 15.9 Å². The average molecular weight is 564 g/mol. The van der Waals surface area contributed by atoms with Crippen molar-refractivity contribution in [3.63, 3.8) is 0 Å². The van der Waals surface area contributed by atoms with Crippen LogP contribution >= 0.6 is 11.6 Å². The van der Waals surface area contributed by atoms with Crippen molar-refractivity contribution < 1.29 is 22.2 Å². The van der Waals surface area contributed by atoms with Crippen LogP contribution in [0.5, 0.6) is 5.75 Å². The zero-order valence-corrected chi connectivity index (χ0v) is 23.4. The number of hydrogen-bond acceptors (Lipinski definition) is 8. The largest absolute Gasteiger partial charge is 0.492 e. The SMILES string of the molecule is CC(C)COc1cc(-c2ccc(C(=O)NS(=O)(=O)c3cccc(N)n3)c(N3[C@H](C)CC[C@@H]3C)n2)ccc1Cl.[HH].[HH].[HH]. The maximum absolute atomic E-state index is 13.4. The fourth-order valence-electron chi connectivity index (χ4n) is 4.44. The second kappa shape index (κ2) is 11.2. The summed E-state index contributed by atoms with van der Waals surface area (Å²) >= 11 is 6.35. The average Bonchev–Trinajstić information content (AvgIpc) is 3.20. The number of ether oxygens (including phenoxy) is 1. The minimum Gasteiger partial charge on any atom is -0.492 e. The van der Waals surface area contributed by atoms with E-state index in [9.17, 15) is 13.2 Å². The van der Waals surface area contributed by atoms with E-state index in [1.807, 2.05) is 12.1 Å². The molecule has 1 aliphatic heterocycles. The van der Waals surface area contributed by atoms with Gasteiger partial charge in [-0.1, -0.05) is 37.6 Å². The molecule has 4 rings (SSSR count). The quantitative estimate of drug-likeness (QED) is 0.360. The third kappa shape index (κ3) is 6.02. The Morgan fingerprint density at radius 3 is 2.53 bits per heavy atom. The lowest BCUT2D eigenvalue weighted by atomic mass is 10.1. The number of carbonyl (C=O) groups is 1. The van der Waals surface area contributed by atoms with Crippen molar-refractivity contribution in [1.82, 2.24) is 14.7 Å². The van der Waals surface area contributed by atoms with E-state index in [1.54, 1.807) is 18.2 Å². The first-order valence-corrected chi connectivity index (χ1v) is 14.3. The molecule has 3 N–H and O–H groups in total. The number of halogens is 1. The molecule has 208 valence electrons. The molecule has 1 fully saturated rings. The normalized spacial score (nSPS) is 17.6. The molecular formula is C27H38ClN5O4S. The zero-order chi connectivity index (χ0) is 27.6. The van der Waals surface area contributed by atoms with E-state index in [0.717, 1.165) is 18.4 Å². The maximum atomic E-state index is 13.4. The molecule has 0 radical (unpaired) electrons. The lowest BCUT2D eigenvalue weighted by Gasteiger charge is -2.29. The van der Waals surface area contributed by atoms with Crippen molar-refractivity contribution in [2.24, 2.45) is 5.92 Å². The smallest absolute Gasteiger partial charge is 0.281 e. The van der Waals surface area contributed by atoms with Crippen LogP contribution in [0.3, 0.4) is 0 Å². The Labute approximate surface area is 232 Å². The summed E-state index contributed by atoms with van der Waals surface area (Å²) in [6, 6.07) is 13.1. The van der Waals surface area contributed by atoms with Crippen LogP contribution in [0.1, 0.15) is 55.2 Å². The van der Waals surface area contributed by atoms with Gasteiger partial charge in [0, 0.05) is 21.9 Å². The molecule has 3 heterocycles. The Morgan fingerprint density at radius 1 is 1.16 bits per heavy atom. The summed E-state index contributed by atoms with van der Waals surface area (Å²) in [7, 11) is -4.25. The molecule has 2 aromatic heterocycles. The molecule has 0 unspecified atom stereocenters. The van der Waals surface area contributed by atoms with E-state index in [0.29, 0.717) is 34.8 Å². The molecule has 1 amide bonds. The first kappa shape index (κ1) is 27.7. The van der Waals surface area contributed by atoms with Crippen LogP contribution in [0.25, 0.3) is 11.3 Å². The molecule has 0 bridgehead atoms. The van der Waals surface area contributed by atoms with Crippen LogP contribution in [-0.2, 0) is 10.0 Å². The highest BCUT2D eigenvalue weighted by Gasteiger charge is 2.33. The third-order valence-corrected chi connectivity index (χ3v) is 7.91. The van der Waals surface area contributed by atoms with E-state index in [1.165, 1.54) is 18.2 Å². The van der Waals surface area contributed by atoms with Gasteiger partial charge in [-0.2, -0.15) is 8.42 Å². The molecule has 2 atom stereocenters. The Bertz CT molecular complexity index is 1450. The molecule has 0 saturated carbocycles. The molecule has 1 aliphatic rings. The van der Waals surface area contributed by atoms with Gasteiger partial charge in [0.05, 0.1) is 22.9 Å². The standard InChI is InChI=1S/C27H32ClN5O4S.3H2/c1-16(2)15-37-23-14-19(10-12-21(23)28)22-13-11-20(26(30-22)33-17(3)8-9-18(33)4)27(34)32-38(35,36)25-7-5-6-24(29)31-25;;;/h5-7,10-14,16-18H,8-9,15H2,1-4H3,(H2,29,31)(H,32,34);3*1H/t17-,18+;;;. The number of hydrogen-bond donors (Lipinski definition) is 2. The van der Waals surface area contributed by atoms with E-state index in [-0.39, 0.29) is 32.8 Å². The van der Waals surface area contributed by atoms with Gasteiger partial charge in [0.2, 0.25) is 0 Å². The highest BCUT2D eigenvalue weighted by atomic mass is 35.5. The third-order valence-electron chi connectivity index (χ3n) is 6.36. The molecule has 3 aromatic rings. The number of pyridine rings is 2. The van der Waals surface area contributed by atoms with Crippen molar-refractivity contribution >= 4 is 39.2 Å². The second-order valence-electron chi connectivity index (χ2n) is 9.94. The van der Waals surface area contributed by atoms with E-state index >= 15 is 0 Å². The van der Waals surface area contributed by atoms with Crippen LogP contribution in [0.15, 0.2) is 53.6 Å². The van der Waals surface area contributed by atoms with E-state index in [4.69, 9.17) is 27.1 Å². The fraction of sp³-hybridized carbons (Fsp3) is 0.370. The predicted octanol–water partition coefficient (Wildman–Crippen LogP) is 5.65. The molecule has 9 nitrogen and oxygen atoms in total. The van der Waals surface area contributed by atoms with Crippen LogP contribution in [0, 0.1) is 5.92 Å². The molecule has 11 heteroatoms. The summed E-state index contributed by atoms with van der Waals surface area (Å²) in [5.74, 6) is 0.520. The van der Waals surface area contributed by atoms with Crippen molar-refractivity contribution in [3.05, 3.63) is 59.1 Å². The molecule has 0 spiro atoms. The Hall–Kier alpha value is -3.37. The second-order valence-corrected chi connectivity index (χ2v) is 12.0. The van der Waals surface area contributed by atoms with Crippen LogP contribution < -0.4 is 20.1 Å². The van der Waals surface area contributed by atoms with Crippen molar-refractivity contribution in [1.29, 1.82) is 0 Å². The molecular weight excluding hydrogens is 526 g/mol. The number of amides is 1. The van der Waals surface area contributed by atoms with E-state index < -0.39 is 15.9 Å². The number of nitrogens with one attached hydrogen (secondary N) is 1. The number of benzene rings is 1. The van der Waals surface area contributed by atoms with Gasteiger partial charge in [-0.25, -0.2) is 14.7 Å². The van der Waals surface area contributed by atoms with Gasteiger partial charge >= 0.3 is 0 Å². The van der Waals surface area contributed by atoms with Crippen LogP contribution in [-0.4, -0.2) is 43.0 Å². The lowest BCUT2D eigenvalue weighted by Crippen LogP contribution is -2.37. The van der Waals surface area contributed by atoms with Gasteiger partial charge in [-0.15, -0.1) is 0 Å². The Kier molecular flexibility index (Phi) is 8.13. The molecule has 0 aliphatic carbocycles. The summed E-state index contributed by atoms with van der Waals surface area (Å²) < 4.78 is 33.8. The topological polar surface area (TPSA) is 128 Å². The molecule has 1 aromatic carbocycles. The summed E-state index contributed by atoms with van der Waals surface area (Å²) in [6.07, 6.45) is 1.85. The monoisotopic (exact) mass is 563 g/mol. The number of nitrogens with two attached hydrogens (primary N) is 1. The number of carbonyl (C=O) groups excluding carboxylic acids is 1. The predicted molar refractivity (Wildman–Crippen MR) is 155 cm³/mol. The number of rotatable bonds is 8. The highest BCUT2D eigenvalue weighted by Crippen LogP contribution is 2.35. The van der Waals surface area contributed by atoms with Crippen molar-refractivity contribution in [2.45, 2.75) is 57.6 Å². The van der Waals surface area contributed by atoms with Crippen molar-refractivity contribution in [3.8, 4) is 17.0 Å². The van der Waals surface area contributed by atoms with Gasteiger partial charge in [-0.3, -0.25) is 4.79 Å². The zero-order valence-electron chi connectivity index (χ0n) is 21.8. The molecule has 38 heavy (non-hydrogen) atoms. The minimum absolute atomic E-state index is 0. The van der Waals surface area contributed by atoms with Gasteiger partial charge < -0.3 is 15.4 Å². The fourth-order valence-corrected chi connectivity index (χ4v) is 5.55. The minimum atomic E-state index is -4.25. The summed E-state index contributed by atoms with van der Waals surface area (Å²) in [4.78, 5) is 24.1.